The van der Waals surface area contributed by atoms with Gasteiger partial charge in [-0.05, 0) is 35.7 Å². The second-order valence-corrected chi connectivity index (χ2v) is 6.44. The third-order valence-corrected chi connectivity index (χ3v) is 4.32. The van der Waals surface area contributed by atoms with Gasteiger partial charge < -0.3 is 15.2 Å². The van der Waals surface area contributed by atoms with Crippen LogP contribution in [0, 0.1) is 17.7 Å². The molecule has 0 saturated carbocycles. The van der Waals surface area contributed by atoms with E-state index in [1.807, 2.05) is 0 Å². The first-order chi connectivity index (χ1) is 13.1. The lowest BCUT2D eigenvalue weighted by Crippen LogP contribution is -2.19. The summed E-state index contributed by atoms with van der Waals surface area (Å²) in [5, 5.41) is 12.6. The van der Waals surface area contributed by atoms with E-state index in [4.69, 9.17) is 4.74 Å². The number of amides is 1. The summed E-state index contributed by atoms with van der Waals surface area (Å²) in [5.74, 6) is 5.33. The fourth-order valence-electron chi connectivity index (χ4n) is 2.95. The fourth-order valence-corrected chi connectivity index (χ4v) is 2.95. The average Bonchev–Trinajstić information content (AvgIpc) is 3.07. The number of unbranched alkanes of at least 4 members (excludes halogenated alkanes) is 1. The van der Waals surface area contributed by atoms with Gasteiger partial charge in [0.1, 0.15) is 18.0 Å². The van der Waals surface area contributed by atoms with Gasteiger partial charge in [0.05, 0.1) is 0 Å². The zero-order chi connectivity index (χ0) is 19.2. The molecule has 1 fully saturated rings. The van der Waals surface area contributed by atoms with Crippen molar-refractivity contribution >= 4 is 6.09 Å². The highest BCUT2D eigenvalue weighted by atomic mass is 19.1. The Labute approximate surface area is 157 Å². The molecule has 5 nitrogen and oxygen atoms in total. The lowest BCUT2D eigenvalue weighted by molar-refractivity contribution is 0.132. The smallest absolute Gasteiger partial charge is 0.408 e. The number of ether oxygens (including phenoxy) is 1. The summed E-state index contributed by atoms with van der Waals surface area (Å²) in [7, 11) is 0. The molecule has 3 rings (SSSR count). The lowest BCUT2D eigenvalue weighted by atomic mass is 9.97. The van der Waals surface area contributed by atoms with Gasteiger partial charge in [0.2, 0.25) is 0 Å². The molecule has 1 aromatic heterocycles. The van der Waals surface area contributed by atoms with Gasteiger partial charge in [0, 0.05) is 18.0 Å². The fraction of sp³-hybridized carbons (Fsp3) is 0.333. The summed E-state index contributed by atoms with van der Waals surface area (Å²) in [6.07, 6.45) is 3.85. The monoisotopic (exact) mass is 368 g/mol. The Kier molecular flexibility index (Phi) is 6.05. The van der Waals surface area contributed by atoms with Gasteiger partial charge in [-0.1, -0.05) is 43.7 Å². The number of hydrogen-bond donors (Lipinski definition) is 2. The van der Waals surface area contributed by atoms with Crippen LogP contribution < -0.4 is 5.32 Å². The van der Waals surface area contributed by atoms with Crippen LogP contribution in [0.15, 0.2) is 42.7 Å². The molecule has 0 radical (unpaired) electrons. The standard InChI is InChI=1S/C21H21FN2O3/c1-2-3-7-18(25)9-8-14-10-16(13-23-12-14)19-20(27-21(26)24-19)15-5-4-6-17(22)11-15/h4-6,10-13,18-20,25H,2-3,7H2,1H3,(H,24,26)/t18?,19-,20-/m1/s1. The zero-order valence-electron chi connectivity index (χ0n) is 15.0. The van der Waals surface area contributed by atoms with E-state index in [1.165, 1.54) is 12.1 Å². The predicted molar refractivity (Wildman–Crippen MR) is 98.1 cm³/mol. The number of nitrogens with zero attached hydrogens (tertiary/aromatic N) is 1. The van der Waals surface area contributed by atoms with Crippen molar-refractivity contribution in [3.05, 3.63) is 65.2 Å². The van der Waals surface area contributed by atoms with Crippen molar-refractivity contribution in [2.45, 2.75) is 44.4 Å². The molecule has 1 aliphatic rings. The number of alkyl carbamates (subject to hydrolysis) is 1. The molecule has 1 amide bonds. The highest BCUT2D eigenvalue weighted by Crippen LogP contribution is 2.36. The topological polar surface area (TPSA) is 71.5 Å². The number of carbonyl (C=O) groups is 1. The molecule has 2 aromatic rings. The van der Waals surface area contributed by atoms with Gasteiger partial charge >= 0.3 is 6.09 Å². The van der Waals surface area contributed by atoms with Gasteiger partial charge in [0.25, 0.3) is 0 Å². The normalized spacial score (nSPS) is 19.6. The second-order valence-electron chi connectivity index (χ2n) is 6.44. The Morgan fingerprint density at radius 1 is 1.33 bits per heavy atom. The minimum atomic E-state index is -0.678. The van der Waals surface area contributed by atoms with Crippen molar-refractivity contribution in [2.24, 2.45) is 0 Å². The highest BCUT2D eigenvalue weighted by molar-refractivity contribution is 5.71. The Morgan fingerprint density at radius 2 is 2.19 bits per heavy atom. The van der Waals surface area contributed by atoms with Crippen molar-refractivity contribution in [2.75, 3.05) is 0 Å². The molecule has 6 heteroatoms. The van der Waals surface area contributed by atoms with E-state index in [0.29, 0.717) is 23.1 Å². The van der Waals surface area contributed by atoms with Crippen molar-refractivity contribution < 1.29 is 19.0 Å². The average molecular weight is 368 g/mol. The Bertz CT molecular complexity index is 875. The molecule has 1 saturated heterocycles. The number of halogens is 1. The summed E-state index contributed by atoms with van der Waals surface area (Å²) < 4.78 is 18.9. The van der Waals surface area contributed by atoms with E-state index < -0.39 is 30.2 Å². The molecule has 3 atom stereocenters. The number of nitrogens with one attached hydrogen (secondary N) is 1. The van der Waals surface area contributed by atoms with Gasteiger partial charge in [0.15, 0.2) is 6.10 Å². The molecular weight excluding hydrogens is 347 g/mol. The number of pyridine rings is 1. The Hall–Kier alpha value is -2.91. The quantitative estimate of drug-likeness (QED) is 0.791. The molecule has 0 spiro atoms. The van der Waals surface area contributed by atoms with Crippen LogP contribution in [0.4, 0.5) is 9.18 Å². The second kappa shape index (κ2) is 8.65. The van der Waals surface area contributed by atoms with E-state index in [9.17, 15) is 14.3 Å². The third kappa shape index (κ3) is 4.83. The van der Waals surface area contributed by atoms with Crippen LogP contribution in [-0.2, 0) is 4.74 Å². The molecule has 1 unspecified atom stereocenters. The SMILES string of the molecule is CCCCC(O)C#Cc1cncc([C@H]2NC(=O)O[C@@H]2c2cccc(F)c2)c1. The molecule has 2 heterocycles. The van der Waals surface area contributed by atoms with Crippen molar-refractivity contribution in [3.8, 4) is 11.8 Å². The number of cyclic esters (lactones) is 1. The maximum Gasteiger partial charge on any atom is 0.408 e. The minimum absolute atomic E-state index is 0.395. The maximum atomic E-state index is 13.6. The van der Waals surface area contributed by atoms with Crippen LogP contribution in [0.3, 0.4) is 0 Å². The van der Waals surface area contributed by atoms with Crippen molar-refractivity contribution in [3.63, 3.8) is 0 Å². The van der Waals surface area contributed by atoms with E-state index in [1.54, 1.807) is 30.6 Å². The number of aliphatic hydroxyl groups excluding tert-OH is 1. The molecule has 2 N–H and O–H groups in total. The molecule has 1 aromatic carbocycles. The van der Waals surface area contributed by atoms with Gasteiger partial charge in [-0.3, -0.25) is 4.98 Å². The number of benzene rings is 1. The number of aromatic nitrogens is 1. The molecule has 0 aliphatic carbocycles. The summed E-state index contributed by atoms with van der Waals surface area (Å²) in [6, 6.07) is 7.26. The van der Waals surface area contributed by atoms with Crippen LogP contribution in [0.1, 0.15) is 55.0 Å². The van der Waals surface area contributed by atoms with Crippen molar-refractivity contribution in [1.29, 1.82) is 0 Å². The Balaban J connectivity index is 1.82. The number of aliphatic hydroxyl groups is 1. The Morgan fingerprint density at radius 3 is 2.96 bits per heavy atom. The minimum Gasteiger partial charge on any atom is -0.439 e. The predicted octanol–water partition coefficient (Wildman–Crippen LogP) is 3.65. The molecule has 27 heavy (non-hydrogen) atoms. The van der Waals surface area contributed by atoms with Crippen LogP contribution in [0.25, 0.3) is 0 Å². The number of hydrogen-bond acceptors (Lipinski definition) is 4. The lowest BCUT2D eigenvalue weighted by Gasteiger charge is -2.17. The van der Waals surface area contributed by atoms with Crippen molar-refractivity contribution in [1.82, 2.24) is 10.3 Å². The first-order valence-corrected chi connectivity index (χ1v) is 8.94. The first-order valence-electron chi connectivity index (χ1n) is 8.94. The summed E-state index contributed by atoms with van der Waals surface area (Å²) in [5.41, 5.74) is 1.89. The van der Waals surface area contributed by atoms with Crippen LogP contribution in [0.2, 0.25) is 0 Å². The number of rotatable bonds is 5. The van der Waals surface area contributed by atoms with E-state index in [2.05, 4.69) is 29.1 Å². The molecular formula is C21H21FN2O3. The van der Waals surface area contributed by atoms with Crippen LogP contribution in [0.5, 0.6) is 0 Å². The largest absolute Gasteiger partial charge is 0.439 e. The van der Waals surface area contributed by atoms with Crippen LogP contribution >= 0.6 is 0 Å². The summed E-state index contributed by atoms with van der Waals surface area (Å²) in [4.78, 5) is 16.0. The van der Waals surface area contributed by atoms with E-state index >= 15 is 0 Å². The van der Waals surface area contributed by atoms with E-state index in [0.717, 1.165) is 12.8 Å². The summed E-state index contributed by atoms with van der Waals surface area (Å²) in [6.45, 7) is 2.06. The molecule has 0 bridgehead atoms. The van der Waals surface area contributed by atoms with Crippen LogP contribution in [-0.4, -0.2) is 22.3 Å². The van der Waals surface area contributed by atoms with Gasteiger partial charge in [-0.25, -0.2) is 9.18 Å². The van der Waals surface area contributed by atoms with E-state index in [-0.39, 0.29) is 0 Å². The first kappa shape index (κ1) is 18.9. The highest BCUT2D eigenvalue weighted by Gasteiger charge is 2.36. The third-order valence-electron chi connectivity index (χ3n) is 4.32. The molecule has 1 aliphatic heterocycles. The molecule has 140 valence electrons. The maximum absolute atomic E-state index is 13.6. The zero-order valence-corrected chi connectivity index (χ0v) is 15.0. The van der Waals surface area contributed by atoms with Gasteiger partial charge in [-0.15, -0.1) is 0 Å². The summed E-state index contributed by atoms with van der Waals surface area (Å²) >= 11 is 0. The number of carbonyl (C=O) groups excluding carboxylic acids is 1. The van der Waals surface area contributed by atoms with Gasteiger partial charge in [-0.2, -0.15) is 0 Å².